The SMILES string of the molecule is COc1cccc2sc(OC3CN(C(=O)c4ccc(S(=O)(=O)N(C)c5ccccc5)cc4)C3)nc12. The average molecular weight is 510 g/mol. The minimum atomic E-state index is -3.73. The molecule has 1 fully saturated rings. The van der Waals surface area contributed by atoms with Crippen LogP contribution in [0, 0.1) is 0 Å². The molecule has 4 aromatic rings. The third-order valence-corrected chi connectivity index (χ3v) is 8.58. The number of hydrogen-bond acceptors (Lipinski definition) is 7. The molecule has 0 N–H and O–H groups in total. The monoisotopic (exact) mass is 509 g/mol. The van der Waals surface area contributed by atoms with Crippen LogP contribution in [0.4, 0.5) is 5.69 Å². The normalized spacial score (nSPS) is 13.9. The van der Waals surface area contributed by atoms with E-state index in [2.05, 4.69) is 4.98 Å². The molecule has 0 unspecified atom stereocenters. The number of anilines is 1. The Bertz CT molecular complexity index is 1460. The number of para-hydroxylation sites is 2. The molecule has 10 heteroatoms. The van der Waals surface area contributed by atoms with Gasteiger partial charge in [0, 0.05) is 12.6 Å². The van der Waals surface area contributed by atoms with Gasteiger partial charge in [0.2, 0.25) is 0 Å². The van der Waals surface area contributed by atoms with E-state index in [9.17, 15) is 13.2 Å². The van der Waals surface area contributed by atoms with Gasteiger partial charge >= 0.3 is 0 Å². The highest BCUT2D eigenvalue weighted by Crippen LogP contribution is 2.34. The lowest BCUT2D eigenvalue weighted by Crippen LogP contribution is -2.56. The van der Waals surface area contributed by atoms with Crippen LogP contribution in [0.25, 0.3) is 10.2 Å². The molecular formula is C25H23N3O5S2. The van der Waals surface area contributed by atoms with Crippen LogP contribution < -0.4 is 13.8 Å². The Morgan fingerprint density at radius 1 is 1.03 bits per heavy atom. The van der Waals surface area contributed by atoms with E-state index in [1.54, 1.807) is 48.4 Å². The Morgan fingerprint density at radius 3 is 2.43 bits per heavy atom. The molecule has 1 aliphatic heterocycles. The average Bonchev–Trinajstić information content (AvgIpc) is 3.28. The van der Waals surface area contributed by atoms with E-state index in [-0.39, 0.29) is 16.9 Å². The van der Waals surface area contributed by atoms with Gasteiger partial charge in [-0.05, 0) is 48.5 Å². The molecule has 2 heterocycles. The van der Waals surface area contributed by atoms with Gasteiger partial charge < -0.3 is 14.4 Å². The first-order valence-electron chi connectivity index (χ1n) is 10.9. The summed E-state index contributed by atoms with van der Waals surface area (Å²) in [7, 11) is -0.622. The molecule has 35 heavy (non-hydrogen) atoms. The Hall–Kier alpha value is -3.63. The highest BCUT2D eigenvalue weighted by Gasteiger charge is 2.34. The Kier molecular flexibility index (Phi) is 6.08. The number of amides is 1. The van der Waals surface area contributed by atoms with Gasteiger partial charge in [-0.15, -0.1) is 0 Å². The summed E-state index contributed by atoms with van der Waals surface area (Å²) in [4.78, 5) is 19.1. The summed E-state index contributed by atoms with van der Waals surface area (Å²) in [5.74, 6) is 0.524. The van der Waals surface area contributed by atoms with Crippen LogP contribution in [0.5, 0.6) is 10.9 Å². The number of thiazole rings is 1. The number of benzene rings is 3. The number of carbonyl (C=O) groups excluding carboxylic acids is 1. The number of fused-ring (bicyclic) bond motifs is 1. The predicted molar refractivity (Wildman–Crippen MR) is 135 cm³/mol. The number of nitrogens with zero attached hydrogens (tertiary/aromatic N) is 3. The number of sulfonamides is 1. The van der Waals surface area contributed by atoms with Gasteiger partial charge in [-0.3, -0.25) is 9.10 Å². The van der Waals surface area contributed by atoms with Crippen LogP contribution in [0.2, 0.25) is 0 Å². The maximum absolute atomic E-state index is 12.9. The Labute approximate surface area is 207 Å². The summed E-state index contributed by atoms with van der Waals surface area (Å²) in [6.45, 7) is 0.866. The van der Waals surface area contributed by atoms with Gasteiger partial charge in [0.05, 0.1) is 35.5 Å². The van der Waals surface area contributed by atoms with Crippen molar-refractivity contribution >= 4 is 43.2 Å². The molecular weight excluding hydrogens is 486 g/mol. The molecule has 0 atom stereocenters. The minimum absolute atomic E-state index is 0.122. The topological polar surface area (TPSA) is 89.0 Å². The van der Waals surface area contributed by atoms with Gasteiger partial charge in [0.25, 0.3) is 21.1 Å². The summed E-state index contributed by atoms with van der Waals surface area (Å²) in [5, 5.41) is 0.540. The lowest BCUT2D eigenvalue weighted by Gasteiger charge is -2.38. The molecule has 0 bridgehead atoms. The highest BCUT2D eigenvalue weighted by atomic mass is 32.2. The van der Waals surface area contributed by atoms with Crippen molar-refractivity contribution < 1.29 is 22.7 Å². The van der Waals surface area contributed by atoms with E-state index in [1.165, 1.54) is 34.8 Å². The molecule has 1 aliphatic rings. The number of hydrogen-bond donors (Lipinski definition) is 0. The van der Waals surface area contributed by atoms with Gasteiger partial charge in [-0.1, -0.05) is 35.6 Å². The number of aromatic nitrogens is 1. The fourth-order valence-electron chi connectivity index (χ4n) is 3.83. The second-order valence-corrected chi connectivity index (χ2v) is 11.0. The second kappa shape index (κ2) is 9.20. The van der Waals surface area contributed by atoms with Crippen LogP contribution in [0.15, 0.2) is 77.7 Å². The summed E-state index contributed by atoms with van der Waals surface area (Å²) >= 11 is 1.44. The van der Waals surface area contributed by atoms with Gasteiger partial charge in [0.1, 0.15) is 17.4 Å². The van der Waals surface area contributed by atoms with Crippen LogP contribution in [0.1, 0.15) is 10.4 Å². The van der Waals surface area contributed by atoms with E-state index in [0.29, 0.717) is 35.3 Å². The van der Waals surface area contributed by atoms with Crippen LogP contribution in [0.3, 0.4) is 0 Å². The molecule has 180 valence electrons. The van der Waals surface area contributed by atoms with Crippen molar-refractivity contribution in [1.29, 1.82) is 0 Å². The molecule has 1 saturated heterocycles. The maximum atomic E-state index is 12.9. The van der Waals surface area contributed by atoms with Crippen LogP contribution in [-0.2, 0) is 10.0 Å². The lowest BCUT2D eigenvalue weighted by molar-refractivity contribution is 0.0178. The van der Waals surface area contributed by atoms with Crippen molar-refractivity contribution in [3.05, 3.63) is 78.4 Å². The summed E-state index contributed by atoms with van der Waals surface area (Å²) in [5.41, 5.74) is 1.75. The first-order chi connectivity index (χ1) is 16.9. The van der Waals surface area contributed by atoms with Crippen LogP contribution in [-0.4, -0.2) is 57.6 Å². The molecule has 0 saturated carbocycles. The van der Waals surface area contributed by atoms with Crippen molar-refractivity contribution in [3.8, 4) is 10.9 Å². The maximum Gasteiger partial charge on any atom is 0.274 e. The van der Waals surface area contributed by atoms with Crippen molar-refractivity contribution in [2.45, 2.75) is 11.0 Å². The molecule has 3 aromatic carbocycles. The number of methoxy groups -OCH3 is 1. The molecule has 0 radical (unpaired) electrons. The first kappa shape index (κ1) is 23.1. The largest absolute Gasteiger partial charge is 0.494 e. The smallest absolute Gasteiger partial charge is 0.274 e. The molecule has 1 aromatic heterocycles. The van der Waals surface area contributed by atoms with Crippen molar-refractivity contribution in [3.63, 3.8) is 0 Å². The fourth-order valence-corrected chi connectivity index (χ4v) is 5.92. The standard InChI is InChI=1S/C25H23N3O5S2/c1-27(18-7-4-3-5-8-18)35(30,31)20-13-11-17(12-14-20)24(29)28-15-19(16-28)33-25-26-23-21(32-2)9-6-10-22(23)34-25/h3-14,19H,15-16H2,1-2H3. The Morgan fingerprint density at radius 2 is 1.74 bits per heavy atom. The predicted octanol–water partition coefficient (Wildman–Crippen LogP) is 4.03. The third kappa shape index (κ3) is 4.42. The van der Waals surface area contributed by atoms with Crippen molar-refractivity contribution in [2.75, 3.05) is 31.6 Å². The van der Waals surface area contributed by atoms with Gasteiger partial charge in [-0.2, -0.15) is 4.98 Å². The van der Waals surface area contributed by atoms with Crippen molar-refractivity contribution in [2.24, 2.45) is 0 Å². The van der Waals surface area contributed by atoms with Crippen molar-refractivity contribution in [1.82, 2.24) is 9.88 Å². The Balaban J connectivity index is 1.21. The van der Waals surface area contributed by atoms with E-state index >= 15 is 0 Å². The van der Waals surface area contributed by atoms with E-state index < -0.39 is 10.0 Å². The van der Waals surface area contributed by atoms with E-state index in [4.69, 9.17) is 9.47 Å². The van der Waals surface area contributed by atoms with Gasteiger partial charge in [-0.25, -0.2) is 8.42 Å². The molecule has 0 aliphatic carbocycles. The number of carbonyl (C=O) groups is 1. The van der Waals surface area contributed by atoms with Gasteiger partial charge in [0.15, 0.2) is 0 Å². The number of ether oxygens (including phenoxy) is 2. The third-order valence-electron chi connectivity index (χ3n) is 5.86. The zero-order valence-corrected chi connectivity index (χ0v) is 20.8. The first-order valence-corrected chi connectivity index (χ1v) is 13.2. The van der Waals surface area contributed by atoms with E-state index in [0.717, 1.165) is 10.2 Å². The fraction of sp³-hybridized carbons (Fsp3) is 0.200. The molecule has 8 nitrogen and oxygen atoms in total. The number of rotatable bonds is 7. The molecule has 5 rings (SSSR count). The van der Waals surface area contributed by atoms with E-state index in [1.807, 2.05) is 24.3 Å². The quantitative estimate of drug-likeness (QED) is 0.374. The second-order valence-electron chi connectivity index (χ2n) is 8.07. The minimum Gasteiger partial charge on any atom is -0.494 e. The lowest BCUT2D eigenvalue weighted by atomic mass is 10.1. The summed E-state index contributed by atoms with van der Waals surface area (Å²) in [6, 6.07) is 20.6. The summed E-state index contributed by atoms with van der Waals surface area (Å²) < 4.78 is 39.4. The molecule has 0 spiro atoms. The highest BCUT2D eigenvalue weighted by molar-refractivity contribution is 7.92. The number of likely N-dealkylation sites (tertiary alicyclic amines) is 1. The zero-order valence-electron chi connectivity index (χ0n) is 19.1. The summed E-state index contributed by atoms with van der Waals surface area (Å²) in [6.07, 6.45) is -0.148. The van der Waals surface area contributed by atoms with Crippen LogP contribution >= 0.6 is 11.3 Å². The zero-order chi connectivity index (χ0) is 24.6. The molecule has 1 amide bonds.